The molecule has 5 nitrogen and oxygen atoms in total. The molecule has 1 rings (SSSR count). The van der Waals surface area contributed by atoms with Crippen LogP contribution in [0.25, 0.3) is 0 Å². The summed E-state index contributed by atoms with van der Waals surface area (Å²) in [5.41, 5.74) is -0.135. The van der Waals surface area contributed by atoms with Crippen LogP contribution in [0.4, 0.5) is 4.79 Å². The molecule has 0 aromatic carbocycles. The normalized spacial score (nSPS) is 23.4. The van der Waals surface area contributed by atoms with Crippen molar-refractivity contribution < 1.29 is 23.9 Å². The minimum absolute atomic E-state index is 0.0315. The molecule has 1 N–H and O–H groups in total. The summed E-state index contributed by atoms with van der Waals surface area (Å²) in [6.07, 6.45) is 0.366. The zero-order valence-electron chi connectivity index (χ0n) is 11.8. The van der Waals surface area contributed by atoms with Gasteiger partial charge < -0.3 is 9.84 Å². The van der Waals surface area contributed by atoms with E-state index in [0.29, 0.717) is 5.70 Å². The molecule has 0 bridgehead atoms. The van der Waals surface area contributed by atoms with Gasteiger partial charge in [0.2, 0.25) is 5.16 Å². The van der Waals surface area contributed by atoms with Crippen LogP contribution < -0.4 is 0 Å². The topological polar surface area (TPSA) is 63.6 Å². The Labute approximate surface area is 117 Å². The second-order valence-electron chi connectivity index (χ2n) is 5.33. The fraction of sp³-hybridized carbons (Fsp3) is 0.538. The third-order valence-corrected chi connectivity index (χ3v) is 3.64. The van der Waals surface area contributed by atoms with E-state index in [1.807, 2.05) is 0 Å². The summed E-state index contributed by atoms with van der Waals surface area (Å²) in [5, 5.41) is 9.60. The predicted octanol–water partition coefficient (Wildman–Crippen LogP) is 3.21. The van der Waals surface area contributed by atoms with Crippen LogP contribution >= 0.6 is 11.6 Å². The van der Waals surface area contributed by atoms with Crippen molar-refractivity contribution in [3.8, 4) is 0 Å². The number of nitrogens with zero attached hydrogens (tertiary/aromatic N) is 1. The van der Waals surface area contributed by atoms with Crippen molar-refractivity contribution in [1.82, 2.24) is 0 Å². The van der Waals surface area contributed by atoms with Gasteiger partial charge in [-0.2, -0.15) is 4.79 Å². The Morgan fingerprint density at radius 3 is 2.26 bits per heavy atom. The molecule has 6 heteroatoms. The lowest BCUT2D eigenvalue weighted by Crippen LogP contribution is -2.59. The summed E-state index contributed by atoms with van der Waals surface area (Å²) in [6, 6.07) is 0. The molecule has 19 heavy (non-hydrogen) atoms. The van der Waals surface area contributed by atoms with Crippen molar-refractivity contribution in [3.63, 3.8) is 0 Å². The van der Waals surface area contributed by atoms with E-state index >= 15 is 0 Å². The molecule has 0 saturated carbocycles. The van der Waals surface area contributed by atoms with Crippen LogP contribution in [0.1, 0.15) is 34.6 Å². The second kappa shape index (κ2) is 4.98. The summed E-state index contributed by atoms with van der Waals surface area (Å²) >= 11 is 6.22. The van der Waals surface area contributed by atoms with E-state index in [-0.39, 0.29) is 17.3 Å². The summed E-state index contributed by atoms with van der Waals surface area (Å²) in [6.45, 7) is 8.82. The van der Waals surface area contributed by atoms with E-state index in [4.69, 9.17) is 16.3 Å². The van der Waals surface area contributed by atoms with Gasteiger partial charge in [0.1, 0.15) is 16.8 Å². The first-order valence-electron chi connectivity index (χ1n) is 5.99. The van der Waals surface area contributed by atoms with E-state index in [2.05, 4.69) is 0 Å². The Kier molecular flexibility index (Phi) is 4.12. The number of allylic oxidation sites excluding steroid dienone is 1. The SMILES string of the molecule is CCOC(=O)C1=C(Cl)[N+](C(=O)O)(C(C)(C)C)C(C)=C1. The number of halogens is 1. The van der Waals surface area contributed by atoms with Crippen LogP contribution in [0.2, 0.25) is 0 Å². The van der Waals surface area contributed by atoms with E-state index in [1.54, 1.807) is 34.6 Å². The maximum atomic E-state index is 11.8. The number of hydrogen-bond donors (Lipinski definition) is 1. The summed E-state index contributed by atoms with van der Waals surface area (Å²) in [5.74, 6) is -0.600. The third-order valence-electron chi connectivity index (χ3n) is 3.19. The van der Waals surface area contributed by atoms with Gasteiger partial charge >= 0.3 is 12.1 Å². The van der Waals surface area contributed by atoms with Gasteiger partial charge in [-0.25, -0.2) is 4.79 Å². The lowest BCUT2D eigenvalue weighted by Gasteiger charge is -2.40. The molecule has 0 radical (unpaired) electrons. The number of carboxylic acid groups (broad SMARTS) is 1. The number of hydrogen-bond acceptors (Lipinski definition) is 3. The largest absolute Gasteiger partial charge is 0.524 e. The summed E-state index contributed by atoms with van der Waals surface area (Å²) in [4.78, 5) is 23.6. The molecule has 1 aliphatic heterocycles. The second-order valence-corrected chi connectivity index (χ2v) is 5.69. The molecule has 0 fully saturated rings. The highest BCUT2D eigenvalue weighted by Crippen LogP contribution is 2.45. The zero-order chi connectivity index (χ0) is 15.0. The number of ether oxygens (including phenoxy) is 1. The third kappa shape index (κ3) is 2.17. The molecule has 1 amide bonds. The summed E-state index contributed by atoms with van der Waals surface area (Å²) in [7, 11) is 0. The van der Waals surface area contributed by atoms with Crippen LogP contribution in [0, 0.1) is 0 Å². The molecule has 1 atom stereocenters. The summed E-state index contributed by atoms with van der Waals surface area (Å²) < 4.78 is 4.32. The van der Waals surface area contributed by atoms with Gasteiger partial charge in [-0.3, -0.25) is 0 Å². The van der Waals surface area contributed by atoms with Crippen LogP contribution in [-0.4, -0.2) is 33.8 Å². The number of rotatable bonds is 2. The van der Waals surface area contributed by atoms with Crippen molar-refractivity contribution in [3.05, 3.63) is 22.5 Å². The highest BCUT2D eigenvalue weighted by atomic mass is 35.5. The fourth-order valence-corrected chi connectivity index (χ4v) is 2.99. The zero-order valence-corrected chi connectivity index (χ0v) is 12.5. The molecule has 1 heterocycles. The Morgan fingerprint density at radius 2 is 1.95 bits per heavy atom. The lowest BCUT2D eigenvalue weighted by atomic mass is 10.0. The average molecular weight is 289 g/mol. The van der Waals surface area contributed by atoms with E-state index in [0.717, 1.165) is 0 Å². The van der Waals surface area contributed by atoms with Crippen LogP contribution in [0.5, 0.6) is 0 Å². The number of quaternary nitrogens is 1. The fourth-order valence-electron chi connectivity index (χ4n) is 2.40. The van der Waals surface area contributed by atoms with Gasteiger partial charge in [-0.05, 0) is 39.3 Å². The Bertz CT molecular complexity index is 487. The minimum atomic E-state index is -1.12. The first-order valence-corrected chi connectivity index (χ1v) is 6.37. The molecule has 1 unspecified atom stereocenters. The Morgan fingerprint density at radius 1 is 1.42 bits per heavy atom. The molecule has 1 aliphatic rings. The maximum absolute atomic E-state index is 11.8. The van der Waals surface area contributed by atoms with Crippen LogP contribution in [0.3, 0.4) is 0 Å². The first-order chi connectivity index (χ1) is 8.60. The van der Waals surface area contributed by atoms with Crippen molar-refractivity contribution >= 4 is 23.7 Å². The molecular formula is C13H19ClNO4+. The van der Waals surface area contributed by atoms with Gasteiger partial charge in [-0.1, -0.05) is 0 Å². The maximum Gasteiger partial charge on any atom is 0.524 e. The molecule has 0 saturated heterocycles. The lowest BCUT2D eigenvalue weighted by molar-refractivity contribution is -0.822. The Hall–Kier alpha value is -1.33. The molecule has 0 spiro atoms. The standard InChI is InChI=1S/C13H18ClNO4/c1-6-19-11(16)9-7-8(2)15(10(9)14,12(17)18)13(3,4)5/h7H,6H2,1-5H3/p+1. The van der Waals surface area contributed by atoms with Crippen molar-refractivity contribution in [1.29, 1.82) is 0 Å². The number of carbonyl (C=O) groups is 2. The monoisotopic (exact) mass is 288 g/mol. The van der Waals surface area contributed by atoms with Crippen molar-refractivity contribution in [2.75, 3.05) is 6.61 Å². The van der Waals surface area contributed by atoms with Gasteiger partial charge in [0, 0.05) is 13.0 Å². The predicted molar refractivity (Wildman–Crippen MR) is 71.3 cm³/mol. The molecule has 0 aliphatic carbocycles. The quantitative estimate of drug-likeness (QED) is 0.481. The van der Waals surface area contributed by atoms with Crippen LogP contribution in [-0.2, 0) is 9.53 Å². The first kappa shape index (κ1) is 15.7. The van der Waals surface area contributed by atoms with Gasteiger partial charge in [0.05, 0.1) is 6.61 Å². The molecule has 0 aromatic rings. The number of esters is 1. The van der Waals surface area contributed by atoms with E-state index < -0.39 is 22.1 Å². The van der Waals surface area contributed by atoms with Gasteiger partial charge in [0.15, 0.2) is 0 Å². The highest BCUT2D eigenvalue weighted by molar-refractivity contribution is 6.31. The molecular weight excluding hydrogens is 270 g/mol. The highest BCUT2D eigenvalue weighted by Gasteiger charge is 2.58. The van der Waals surface area contributed by atoms with Crippen molar-refractivity contribution in [2.45, 2.75) is 40.2 Å². The average Bonchev–Trinajstić information content (AvgIpc) is 2.50. The minimum Gasteiger partial charge on any atom is -0.462 e. The number of carbonyl (C=O) groups excluding carboxylic acids is 1. The Balaban J connectivity index is 3.49. The van der Waals surface area contributed by atoms with Gasteiger partial charge in [-0.15, -0.1) is 4.48 Å². The smallest absolute Gasteiger partial charge is 0.462 e. The molecule has 106 valence electrons. The number of amides is 1. The van der Waals surface area contributed by atoms with Crippen LogP contribution in [0.15, 0.2) is 22.5 Å². The molecule has 0 aromatic heterocycles. The van der Waals surface area contributed by atoms with Gasteiger partial charge in [0.25, 0.3) is 0 Å². The van der Waals surface area contributed by atoms with E-state index in [9.17, 15) is 14.7 Å². The van der Waals surface area contributed by atoms with Crippen molar-refractivity contribution in [2.24, 2.45) is 0 Å². The van der Waals surface area contributed by atoms with E-state index in [1.165, 1.54) is 6.08 Å².